The Bertz CT molecular complexity index is 184. The van der Waals surface area contributed by atoms with Gasteiger partial charge in [-0.25, -0.2) is 0 Å². The van der Waals surface area contributed by atoms with E-state index in [0.29, 0.717) is 12.5 Å². The molecule has 104 valence electrons. The van der Waals surface area contributed by atoms with Gasteiger partial charge in [-0.3, -0.25) is 5.32 Å². The van der Waals surface area contributed by atoms with E-state index in [1.807, 2.05) is 6.92 Å². The third kappa shape index (κ3) is 9.53. The van der Waals surface area contributed by atoms with Gasteiger partial charge < -0.3 is 9.94 Å². The average molecular weight is 246 g/mol. The molecule has 0 radical (unpaired) electrons. The second-order valence-electron chi connectivity index (χ2n) is 5.79. The molecule has 0 aliphatic rings. The first kappa shape index (κ1) is 16.8. The Morgan fingerprint density at radius 1 is 1.24 bits per heavy atom. The van der Waals surface area contributed by atoms with Crippen molar-refractivity contribution >= 4 is 0 Å². The van der Waals surface area contributed by atoms with Gasteiger partial charge in [0.1, 0.15) is 6.23 Å². The maximum atomic E-state index is 9.45. The molecular formula is C13H30N2O2. The van der Waals surface area contributed by atoms with Crippen molar-refractivity contribution in [3.63, 3.8) is 0 Å². The van der Waals surface area contributed by atoms with Crippen LogP contribution in [0.25, 0.3) is 0 Å². The molecule has 0 saturated heterocycles. The Morgan fingerprint density at radius 3 is 2.24 bits per heavy atom. The van der Waals surface area contributed by atoms with E-state index in [1.54, 1.807) is 6.92 Å². The van der Waals surface area contributed by atoms with Crippen LogP contribution in [-0.4, -0.2) is 29.5 Å². The van der Waals surface area contributed by atoms with E-state index in [4.69, 9.17) is 4.84 Å². The molecule has 3 N–H and O–H groups in total. The molecule has 17 heavy (non-hydrogen) atoms. The molecule has 0 fully saturated rings. The van der Waals surface area contributed by atoms with Gasteiger partial charge in [-0.05, 0) is 46.5 Å². The van der Waals surface area contributed by atoms with Crippen molar-refractivity contribution in [1.82, 2.24) is 10.8 Å². The molecule has 0 heterocycles. The first-order valence-corrected chi connectivity index (χ1v) is 6.60. The zero-order valence-electron chi connectivity index (χ0n) is 12.2. The van der Waals surface area contributed by atoms with Crippen LogP contribution in [0, 0.1) is 5.92 Å². The van der Waals surface area contributed by atoms with Crippen molar-refractivity contribution in [2.24, 2.45) is 5.92 Å². The molecule has 0 spiro atoms. The van der Waals surface area contributed by atoms with Crippen LogP contribution in [0.3, 0.4) is 0 Å². The molecule has 0 aromatic heterocycles. The topological polar surface area (TPSA) is 53.5 Å². The lowest BCUT2D eigenvalue weighted by atomic mass is 9.91. The Morgan fingerprint density at radius 2 is 1.82 bits per heavy atom. The predicted octanol–water partition coefficient (Wildman–Crippen LogP) is 2.04. The molecule has 0 aliphatic carbocycles. The van der Waals surface area contributed by atoms with Gasteiger partial charge in [0.25, 0.3) is 0 Å². The molecule has 2 atom stereocenters. The summed E-state index contributed by atoms with van der Waals surface area (Å²) in [6, 6.07) is 0.290. The molecule has 0 rings (SSSR count). The van der Waals surface area contributed by atoms with E-state index in [-0.39, 0.29) is 11.6 Å². The summed E-state index contributed by atoms with van der Waals surface area (Å²) in [5, 5.41) is 12.6. The monoisotopic (exact) mass is 246 g/mol. The molecule has 0 aromatic carbocycles. The van der Waals surface area contributed by atoms with Gasteiger partial charge in [-0.1, -0.05) is 13.8 Å². The highest BCUT2D eigenvalue weighted by Gasteiger charge is 2.24. The van der Waals surface area contributed by atoms with Crippen LogP contribution in [0.1, 0.15) is 54.4 Å². The maximum Gasteiger partial charge on any atom is 0.102 e. The Kier molecular flexibility index (Phi) is 7.96. The lowest BCUT2D eigenvalue weighted by molar-refractivity contribution is -0.0135. The molecule has 0 aliphatic heterocycles. The van der Waals surface area contributed by atoms with Crippen LogP contribution < -0.4 is 10.8 Å². The van der Waals surface area contributed by atoms with Gasteiger partial charge in [0.05, 0.1) is 6.61 Å². The fourth-order valence-corrected chi connectivity index (χ4v) is 2.05. The standard InChI is InChI=1S/C13H30N2O2/c1-7-17-15-13(5,6)9-12(8-10(2)3)14-11(4)16/h10-12,14-16H,7-9H2,1-6H3/t11-,12?/m1/s1. The summed E-state index contributed by atoms with van der Waals surface area (Å²) in [6.45, 7) is 13.0. The normalized spacial score (nSPS) is 16.2. The second kappa shape index (κ2) is 8.03. The summed E-state index contributed by atoms with van der Waals surface area (Å²) in [6.07, 6.45) is 1.49. The largest absolute Gasteiger partial charge is 0.379 e. The molecule has 4 nitrogen and oxygen atoms in total. The highest BCUT2D eigenvalue weighted by molar-refractivity contribution is 4.82. The average Bonchev–Trinajstić information content (AvgIpc) is 2.11. The lowest BCUT2D eigenvalue weighted by Crippen LogP contribution is -2.47. The summed E-state index contributed by atoms with van der Waals surface area (Å²) in [4.78, 5) is 5.27. The van der Waals surface area contributed by atoms with Gasteiger partial charge in [-0.15, -0.1) is 0 Å². The molecular weight excluding hydrogens is 216 g/mol. The van der Waals surface area contributed by atoms with Crippen LogP contribution in [0.15, 0.2) is 0 Å². The summed E-state index contributed by atoms with van der Waals surface area (Å²) < 4.78 is 0. The smallest absolute Gasteiger partial charge is 0.102 e. The van der Waals surface area contributed by atoms with Crippen molar-refractivity contribution in [2.75, 3.05) is 6.61 Å². The van der Waals surface area contributed by atoms with E-state index < -0.39 is 6.23 Å². The number of hydroxylamine groups is 1. The quantitative estimate of drug-likeness (QED) is 0.430. The van der Waals surface area contributed by atoms with Gasteiger partial charge >= 0.3 is 0 Å². The van der Waals surface area contributed by atoms with Crippen molar-refractivity contribution in [3.8, 4) is 0 Å². The fourth-order valence-electron chi connectivity index (χ4n) is 2.05. The van der Waals surface area contributed by atoms with Gasteiger partial charge in [0.15, 0.2) is 0 Å². The van der Waals surface area contributed by atoms with E-state index in [1.165, 1.54) is 0 Å². The van der Waals surface area contributed by atoms with Gasteiger partial charge in [-0.2, -0.15) is 5.48 Å². The van der Waals surface area contributed by atoms with E-state index >= 15 is 0 Å². The summed E-state index contributed by atoms with van der Waals surface area (Å²) in [5.74, 6) is 0.606. The van der Waals surface area contributed by atoms with Crippen molar-refractivity contribution in [3.05, 3.63) is 0 Å². The third-order valence-electron chi connectivity index (χ3n) is 2.48. The highest BCUT2D eigenvalue weighted by Crippen LogP contribution is 2.17. The summed E-state index contributed by atoms with van der Waals surface area (Å²) >= 11 is 0. The van der Waals surface area contributed by atoms with Gasteiger partial charge in [0.2, 0.25) is 0 Å². The Labute approximate surface area is 106 Å². The number of aliphatic hydroxyl groups is 1. The zero-order valence-corrected chi connectivity index (χ0v) is 12.2. The zero-order chi connectivity index (χ0) is 13.5. The molecule has 0 amide bonds. The number of rotatable bonds is 9. The first-order chi connectivity index (χ1) is 7.76. The Balaban J connectivity index is 4.28. The van der Waals surface area contributed by atoms with Gasteiger partial charge in [0, 0.05) is 11.6 Å². The van der Waals surface area contributed by atoms with E-state index in [0.717, 1.165) is 12.8 Å². The van der Waals surface area contributed by atoms with Crippen LogP contribution in [0.4, 0.5) is 0 Å². The summed E-state index contributed by atoms with van der Waals surface area (Å²) in [5.41, 5.74) is 2.96. The maximum absolute atomic E-state index is 9.45. The van der Waals surface area contributed by atoms with Crippen LogP contribution in [0.2, 0.25) is 0 Å². The molecule has 0 aromatic rings. The molecule has 1 unspecified atom stereocenters. The minimum Gasteiger partial charge on any atom is -0.379 e. The van der Waals surface area contributed by atoms with Crippen LogP contribution >= 0.6 is 0 Å². The van der Waals surface area contributed by atoms with E-state index in [2.05, 4.69) is 38.5 Å². The first-order valence-electron chi connectivity index (χ1n) is 6.60. The molecule has 4 heteroatoms. The number of hydrogen-bond acceptors (Lipinski definition) is 4. The SMILES string of the molecule is CCONC(C)(C)CC(CC(C)C)N[C@@H](C)O. The minimum absolute atomic E-state index is 0.0997. The van der Waals surface area contributed by atoms with E-state index in [9.17, 15) is 5.11 Å². The van der Waals surface area contributed by atoms with Crippen molar-refractivity contribution in [1.29, 1.82) is 0 Å². The molecule has 0 saturated carbocycles. The summed E-state index contributed by atoms with van der Waals surface area (Å²) in [7, 11) is 0. The fraction of sp³-hybridized carbons (Fsp3) is 1.00. The predicted molar refractivity (Wildman–Crippen MR) is 71.5 cm³/mol. The molecule has 0 bridgehead atoms. The van der Waals surface area contributed by atoms with Crippen molar-refractivity contribution in [2.45, 2.75) is 72.2 Å². The van der Waals surface area contributed by atoms with Crippen LogP contribution in [0.5, 0.6) is 0 Å². The second-order valence-corrected chi connectivity index (χ2v) is 5.79. The number of aliphatic hydroxyl groups excluding tert-OH is 1. The number of hydrogen-bond donors (Lipinski definition) is 3. The third-order valence-corrected chi connectivity index (χ3v) is 2.48. The van der Waals surface area contributed by atoms with Crippen molar-refractivity contribution < 1.29 is 9.94 Å². The lowest BCUT2D eigenvalue weighted by Gasteiger charge is -2.32. The minimum atomic E-state index is -0.471. The number of nitrogens with one attached hydrogen (secondary N) is 2. The highest BCUT2D eigenvalue weighted by atomic mass is 16.6. The van der Waals surface area contributed by atoms with Crippen LogP contribution in [-0.2, 0) is 4.84 Å². The Hall–Kier alpha value is -0.160.